The maximum Gasteiger partial charge on any atom is 0.291 e. The highest BCUT2D eigenvalue weighted by Crippen LogP contribution is 2.29. The summed E-state index contributed by atoms with van der Waals surface area (Å²) in [5, 5.41) is 7.41. The first-order chi connectivity index (χ1) is 12.7. The van der Waals surface area contributed by atoms with Crippen LogP contribution < -0.4 is 10.6 Å². The highest BCUT2D eigenvalue weighted by atomic mass is 16.3. The molecule has 0 atom stereocenters. The Hall–Kier alpha value is -3.80. The van der Waals surface area contributed by atoms with Gasteiger partial charge in [-0.2, -0.15) is 0 Å². The molecule has 4 aromatic rings. The van der Waals surface area contributed by atoms with Crippen molar-refractivity contribution < 1.29 is 18.4 Å². The summed E-state index contributed by atoms with van der Waals surface area (Å²) < 4.78 is 10.2. The van der Waals surface area contributed by atoms with Crippen LogP contribution in [0.25, 0.3) is 10.8 Å². The number of rotatable bonds is 4. The van der Waals surface area contributed by atoms with Gasteiger partial charge in [0, 0.05) is 0 Å². The monoisotopic (exact) mass is 346 g/mol. The van der Waals surface area contributed by atoms with Gasteiger partial charge in [-0.05, 0) is 47.2 Å². The van der Waals surface area contributed by atoms with E-state index in [1.54, 1.807) is 36.4 Å². The summed E-state index contributed by atoms with van der Waals surface area (Å²) >= 11 is 0. The zero-order chi connectivity index (χ0) is 17.9. The second-order valence-corrected chi connectivity index (χ2v) is 5.61. The summed E-state index contributed by atoms with van der Waals surface area (Å²) in [6.07, 6.45) is 2.85. The molecule has 4 rings (SSSR count). The molecule has 0 aliphatic rings. The number of furan rings is 2. The summed E-state index contributed by atoms with van der Waals surface area (Å²) in [5.41, 5.74) is 0.926. The van der Waals surface area contributed by atoms with Crippen molar-refractivity contribution in [3.63, 3.8) is 0 Å². The fraction of sp³-hybridized carbons (Fsp3) is 0. The molecule has 0 bridgehead atoms. The molecule has 0 unspecified atom stereocenters. The van der Waals surface area contributed by atoms with Crippen LogP contribution in [0.1, 0.15) is 21.1 Å². The molecule has 128 valence electrons. The molecule has 2 aromatic heterocycles. The largest absolute Gasteiger partial charge is 0.459 e. The van der Waals surface area contributed by atoms with Gasteiger partial charge in [0.15, 0.2) is 11.5 Å². The minimum Gasteiger partial charge on any atom is -0.459 e. The lowest BCUT2D eigenvalue weighted by Crippen LogP contribution is -2.16. The second-order valence-electron chi connectivity index (χ2n) is 5.61. The van der Waals surface area contributed by atoms with E-state index in [-0.39, 0.29) is 11.5 Å². The van der Waals surface area contributed by atoms with E-state index in [4.69, 9.17) is 8.83 Å². The molecule has 0 aliphatic carbocycles. The lowest BCUT2D eigenvalue weighted by Gasteiger charge is -2.13. The third-order valence-electron chi connectivity index (χ3n) is 3.87. The van der Waals surface area contributed by atoms with Crippen molar-refractivity contribution in [2.45, 2.75) is 0 Å². The first kappa shape index (κ1) is 15.7. The molecule has 2 amide bonds. The van der Waals surface area contributed by atoms with Crippen LogP contribution >= 0.6 is 0 Å². The maximum absolute atomic E-state index is 12.3. The summed E-state index contributed by atoms with van der Waals surface area (Å²) in [6.45, 7) is 0. The van der Waals surface area contributed by atoms with Crippen LogP contribution in [-0.4, -0.2) is 11.8 Å². The average Bonchev–Trinajstić information content (AvgIpc) is 3.36. The van der Waals surface area contributed by atoms with Gasteiger partial charge in [-0.1, -0.05) is 24.3 Å². The first-order valence-corrected chi connectivity index (χ1v) is 7.93. The lowest BCUT2D eigenvalue weighted by molar-refractivity contribution is 0.0987. The van der Waals surface area contributed by atoms with Gasteiger partial charge in [0.1, 0.15) is 0 Å². The van der Waals surface area contributed by atoms with Gasteiger partial charge in [-0.25, -0.2) is 0 Å². The van der Waals surface area contributed by atoms with Gasteiger partial charge >= 0.3 is 0 Å². The number of fused-ring (bicyclic) bond motifs is 1. The number of carbonyl (C=O) groups is 2. The van der Waals surface area contributed by atoms with Gasteiger partial charge in [-0.15, -0.1) is 0 Å². The molecule has 0 fully saturated rings. The number of anilines is 2. The quantitative estimate of drug-likeness (QED) is 0.568. The number of amides is 2. The van der Waals surface area contributed by atoms with Crippen LogP contribution in [0.2, 0.25) is 0 Å². The Morgan fingerprint density at radius 2 is 1.12 bits per heavy atom. The van der Waals surface area contributed by atoms with Crippen molar-refractivity contribution in [1.82, 2.24) is 0 Å². The predicted octanol–water partition coefficient (Wildman–Crippen LogP) is 4.53. The summed E-state index contributed by atoms with van der Waals surface area (Å²) in [6, 6.07) is 17.7. The predicted molar refractivity (Wildman–Crippen MR) is 97.3 cm³/mol. The molecular formula is C20H14N2O4. The van der Waals surface area contributed by atoms with Crippen molar-refractivity contribution in [2.75, 3.05) is 10.6 Å². The number of benzene rings is 2. The van der Waals surface area contributed by atoms with Crippen molar-refractivity contribution in [3.05, 3.63) is 84.7 Å². The topological polar surface area (TPSA) is 84.5 Å². The van der Waals surface area contributed by atoms with E-state index >= 15 is 0 Å². The van der Waals surface area contributed by atoms with E-state index in [0.717, 1.165) is 10.8 Å². The van der Waals surface area contributed by atoms with Crippen LogP contribution in [0, 0.1) is 0 Å². The Morgan fingerprint density at radius 3 is 1.50 bits per heavy atom. The Balaban J connectivity index is 1.71. The minimum atomic E-state index is -0.404. The molecule has 0 saturated heterocycles. The van der Waals surface area contributed by atoms with E-state index in [0.29, 0.717) is 11.4 Å². The van der Waals surface area contributed by atoms with Gasteiger partial charge in [-0.3, -0.25) is 9.59 Å². The summed E-state index contributed by atoms with van der Waals surface area (Å²) in [5.74, 6) is -0.444. The Bertz CT molecular complexity index is 980. The average molecular weight is 346 g/mol. The fourth-order valence-corrected chi connectivity index (χ4v) is 2.63. The fourth-order valence-electron chi connectivity index (χ4n) is 2.63. The molecular weight excluding hydrogens is 332 g/mol. The number of nitrogens with one attached hydrogen (secondary N) is 2. The molecule has 26 heavy (non-hydrogen) atoms. The molecule has 6 heteroatoms. The molecule has 6 nitrogen and oxygen atoms in total. The van der Waals surface area contributed by atoms with Gasteiger partial charge in [0.05, 0.1) is 23.9 Å². The van der Waals surface area contributed by atoms with Gasteiger partial charge in [0.2, 0.25) is 0 Å². The molecule has 0 spiro atoms. The molecule has 2 N–H and O–H groups in total. The number of hydrogen-bond acceptors (Lipinski definition) is 4. The van der Waals surface area contributed by atoms with Crippen LogP contribution in [0.4, 0.5) is 11.4 Å². The number of hydrogen-bond donors (Lipinski definition) is 2. The minimum absolute atomic E-state index is 0.182. The van der Waals surface area contributed by atoms with Crippen molar-refractivity contribution in [1.29, 1.82) is 0 Å². The van der Waals surface area contributed by atoms with Gasteiger partial charge in [0.25, 0.3) is 11.8 Å². The smallest absolute Gasteiger partial charge is 0.291 e. The van der Waals surface area contributed by atoms with Crippen molar-refractivity contribution in [2.24, 2.45) is 0 Å². The first-order valence-electron chi connectivity index (χ1n) is 7.93. The molecule has 0 radical (unpaired) electrons. The van der Waals surface area contributed by atoms with E-state index in [9.17, 15) is 9.59 Å². The zero-order valence-electron chi connectivity index (χ0n) is 13.6. The van der Waals surface area contributed by atoms with Crippen LogP contribution in [0.3, 0.4) is 0 Å². The van der Waals surface area contributed by atoms with E-state index < -0.39 is 11.8 Å². The van der Waals surface area contributed by atoms with Crippen LogP contribution in [0.5, 0.6) is 0 Å². The Kier molecular flexibility index (Phi) is 3.99. The lowest BCUT2D eigenvalue weighted by atomic mass is 10.1. The van der Waals surface area contributed by atoms with E-state index in [2.05, 4.69) is 10.6 Å². The highest BCUT2D eigenvalue weighted by molar-refractivity contribution is 6.10. The molecule has 0 saturated carbocycles. The maximum atomic E-state index is 12.3. The van der Waals surface area contributed by atoms with Crippen LogP contribution in [0.15, 0.2) is 82.0 Å². The van der Waals surface area contributed by atoms with E-state index in [1.807, 2.05) is 24.3 Å². The Morgan fingerprint density at radius 1 is 0.654 bits per heavy atom. The summed E-state index contributed by atoms with van der Waals surface area (Å²) in [4.78, 5) is 24.7. The molecule has 0 aliphatic heterocycles. The highest BCUT2D eigenvalue weighted by Gasteiger charge is 2.16. The normalized spacial score (nSPS) is 10.6. The standard InChI is InChI=1S/C20H14N2O4/c23-19(17-7-3-9-25-17)21-15-11-13-5-1-2-6-14(13)12-16(15)22-20(24)18-8-4-10-26-18/h1-12H,(H,21,23)(H,22,24). The third kappa shape index (κ3) is 3.08. The molecule has 2 heterocycles. The van der Waals surface area contributed by atoms with Crippen LogP contribution in [-0.2, 0) is 0 Å². The SMILES string of the molecule is O=C(Nc1cc2ccccc2cc1NC(=O)c1ccco1)c1ccco1. The van der Waals surface area contributed by atoms with Crippen molar-refractivity contribution >= 4 is 34.0 Å². The Labute approximate surface area is 148 Å². The second kappa shape index (κ2) is 6.60. The van der Waals surface area contributed by atoms with Gasteiger partial charge < -0.3 is 19.5 Å². The summed E-state index contributed by atoms with van der Waals surface area (Å²) in [7, 11) is 0. The molecule has 2 aromatic carbocycles. The van der Waals surface area contributed by atoms with E-state index in [1.165, 1.54) is 12.5 Å². The zero-order valence-corrected chi connectivity index (χ0v) is 13.6. The van der Waals surface area contributed by atoms with Crippen molar-refractivity contribution in [3.8, 4) is 0 Å². The number of carbonyl (C=O) groups excluding carboxylic acids is 2. The third-order valence-corrected chi connectivity index (χ3v) is 3.87.